The Morgan fingerprint density at radius 1 is 1.24 bits per heavy atom. The summed E-state index contributed by atoms with van der Waals surface area (Å²) in [6, 6.07) is 8.66. The van der Waals surface area contributed by atoms with Gasteiger partial charge in [0, 0.05) is 6.42 Å². The number of rotatable bonds is 4. The Morgan fingerprint density at radius 2 is 2.00 bits per heavy atom. The first-order valence-electron chi connectivity index (χ1n) is 8.30. The van der Waals surface area contributed by atoms with E-state index in [4.69, 9.17) is 5.73 Å². The third kappa shape index (κ3) is 3.13. The van der Waals surface area contributed by atoms with Gasteiger partial charge in [0.1, 0.15) is 0 Å². The average molecular weight is 286 g/mol. The van der Waals surface area contributed by atoms with Gasteiger partial charge in [-0.15, -0.1) is 0 Å². The van der Waals surface area contributed by atoms with Crippen molar-refractivity contribution in [1.29, 1.82) is 0 Å². The zero-order chi connectivity index (χ0) is 14.7. The van der Waals surface area contributed by atoms with Crippen molar-refractivity contribution in [2.24, 2.45) is 11.1 Å². The highest BCUT2D eigenvalue weighted by molar-refractivity contribution is 5.77. The molecule has 1 amide bonds. The number of hydrogen-bond donors (Lipinski definition) is 2. The van der Waals surface area contributed by atoms with Crippen molar-refractivity contribution in [3.63, 3.8) is 0 Å². The molecule has 21 heavy (non-hydrogen) atoms. The number of hydrogen-bond acceptors (Lipinski definition) is 2. The molecule has 3 N–H and O–H groups in total. The number of nitrogens with one attached hydrogen (secondary N) is 1. The maximum atomic E-state index is 12.5. The minimum absolute atomic E-state index is 0.0560. The summed E-state index contributed by atoms with van der Waals surface area (Å²) >= 11 is 0. The van der Waals surface area contributed by atoms with E-state index in [1.165, 1.54) is 30.4 Å². The average Bonchev–Trinajstić information content (AvgIpc) is 2.91. The third-order valence-corrected chi connectivity index (χ3v) is 5.35. The second-order valence-corrected chi connectivity index (χ2v) is 6.80. The molecule has 0 radical (unpaired) electrons. The van der Waals surface area contributed by atoms with Crippen molar-refractivity contribution in [3.8, 4) is 0 Å². The van der Waals surface area contributed by atoms with E-state index >= 15 is 0 Å². The van der Waals surface area contributed by atoms with Crippen LogP contribution < -0.4 is 11.1 Å². The van der Waals surface area contributed by atoms with Crippen LogP contribution in [0.2, 0.25) is 0 Å². The Morgan fingerprint density at radius 3 is 2.76 bits per heavy atom. The molecule has 0 aliphatic heterocycles. The lowest BCUT2D eigenvalue weighted by atomic mass is 9.71. The van der Waals surface area contributed by atoms with Gasteiger partial charge in [-0.05, 0) is 48.8 Å². The van der Waals surface area contributed by atoms with E-state index in [-0.39, 0.29) is 17.4 Å². The molecule has 2 aliphatic carbocycles. The largest absolute Gasteiger partial charge is 0.349 e. The van der Waals surface area contributed by atoms with Crippen molar-refractivity contribution in [2.45, 2.75) is 57.4 Å². The molecule has 1 saturated carbocycles. The van der Waals surface area contributed by atoms with Crippen LogP contribution in [0.5, 0.6) is 0 Å². The lowest BCUT2D eigenvalue weighted by molar-refractivity contribution is -0.124. The molecule has 3 rings (SSSR count). The van der Waals surface area contributed by atoms with E-state index in [1.807, 2.05) is 0 Å². The van der Waals surface area contributed by atoms with Crippen molar-refractivity contribution in [3.05, 3.63) is 35.4 Å². The Hall–Kier alpha value is -1.35. The van der Waals surface area contributed by atoms with Gasteiger partial charge in [0.2, 0.25) is 5.91 Å². The monoisotopic (exact) mass is 286 g/mol. The van der Waals surface area contributed by atoms with Crippen LogP contribution in [-0.2, 0) is 11.2 Å². The Bertz CT molecular complexity index is 506. The topological polar surface area (TPSA) is 55.1 Å². The van der Waals surface area contributed by atoms with E-state index in [9.17, 15) is 4.79 Å². The molecule has 3 nitrogen and oxygen atoms in total. The van der Waals surface area contributed by atoms with E-state index in [0.717, 1.165) is 25.7 Å². The zero-order valence-corrected chi connectivity index (χ0v) is 12.7. The molecule has 0 heterocycles. The Balaban J connectivity index is 1.62. The summed E-state index contributed by atoms with van der Waals surface area (Å²) in [6.07, 6.45) is 8.65. The lowest BCUT2D eigenvalue weighted by Gasteiger charge is -2.36. The van der Waals surface area contributed by atoms with Gasteiger partial charge in [-0.3, -0.25) is 4.79 Å². The van der Waals surface area contributed by atoms with Crippen LogP contribution in [0.25, 0.3) is 0 Å². The van der Waals surface area contributed by atoms with Crippen molar-refractivity contribution < 1.29 is 4.79 Å². The summed E-state index contributed by atoms with van der Waals surface area (Å²) in [5.74, 6) is 0.184. The van der Waals surface area contributed by atoms with Gasteiger partial charge in [0.25, 0.3) is 0 Å². The van der Waals surface area contributed by atoms with E-state index in [1.54, 1.807) is 0 Å². The summed E-state index contributed by atoms with van der Waals surface area (Å²) < 4.78 is 0. The summed E-state index contributed by atoms with van der Waals surface area (Å²) in [4.78, 5) is 12.5. The Labute approximate surface area is 127 Å². The van der Waals surface area contributed by atoms with Crippen LogP contribution in [-0.4, -0.2) is 12.5 Å². The van der Waals surface area contributed by atoms with Gasteiger partial charge < -0.3 is 11.1 Å². The standard InChI is InChI=1S/C18H26N2O/c19-13-18(10-4-1-5-11-18)12-17(21)20-16-9-8-14-6-2-3-7-15(14)16/h2-3,6-7,16H,1,4-5,8-13,19H2,(H,20,21). The van der Waals surface area contributed by atoms with Crippen LogP contribution in [0.4, 0.5) is 0 Å². The lowest BCUT2D eigenvalue weighted by Crippen LogP contribution is -2.39. The molecule has 1 atom stereocenters. The predicted molar refractivity (Wildman–Crippen MR) is 84.8 cm³/mol. The second-order valence-electron chi connectivity index (χ2n) is 6.80. The third-order valence-electron chi connectivity index (χ3n) is 5.35. The fourth-order valence-electron chi connectivity index (χ4n) is 4.05. The fourth-order valence-corrected chi connectivity index (χ4v) is 4.05. The smallest absolute Gasteiger partial charge is 0.221 e. The number of benzene rings is 1. The first kappa shape index (κ1) is 14.6. The van der Waals surface area contributed by atoms with Crippen LogP contribution in [0.15, 0.2) is 24.3 Å². The van der Waals surface area contributed by atoms with Gasteiger partial charge in [0.05, 0.1) is 6.04 Å². The number of amides is 1. The van der Waals surface area contributed by atoms with Gasteiger partial charge in [-0.2, -0.15) is 0 Å². The maximum Gasteiger partial charge on any atom is 0.221 e. The molecule has 0 aromatic heterocycles. The first-order valence-corrected chi connectivity index (χ1v) is 8.30. The van der Waals surface area contributed by atoms with Crippen molar-refractivity contribution in [2.75, 3.05) is 6.54 Å². The minimum Gasteiger partial charge on any atom is -0.349 e. The quantitative estimate of drug-likeness (QED) is 0.893. The van der Waals surface area contributed by atoms with Gasteiger partial charge in [-0.25, -0.2) is 0 Å². The summed E-state index contributed by atoms with van der Waals surface area (Å²) in [7, 11) is 0. The molecule has 1 aromatic carbocycles. The van der Waals surface area contributed by atoms with Gasteiger partial charge in [-0.1, -0.05) is 43.5 Å². The number of carbonyl (C=O) groups excluding carboxylic acids is 1. The summed E-state index contributed by atoms with van der Waals surface area (Å²) in [5.41, 5.74) is 8.73. The maximum absolute atomic E-state index is 12.5. The van der Waals surface area contributed by atoms with Gasteiger partial charge >= 0.3 is 0 Å². The Kier molecular flexibility index (Phi) is 4.29. The predicted octanol–water partition coefficient (Wildman–Crippen LogP) is 3.09. The normalized spacial score (nSPS) is 23.6. The number of fused-ring (bicyclic) bond motifs is 1. The van der Waals surface area contributed by atoms with Crippen LogP contribution in [0.3, 0.4) is 0 Å². The highest BCUT2D eigenvalue weighted by atomic mass is 16.1. The van der Waals surface area contributed by atoms with Crippen LogP contribution in [0.1, 0.15) is 62.1 Å². The van der Waals surface area contributed by atoms with Crippen LogP contribution in [0, 0.1) is 5.41 Å². The SMILES string of the molecule is NCC1(CC(=O)NC2CCc3ccccc32)CCCCC1. The minimum atomic E-state index is 0.0560. The second kappa shape index (κ2) is 6.18. The van der Waals surface area contributed by atoms with Gasteiger partial charge in [0.15, 0.2) is 0 Å². The molecule has 0 bridgehead atoms. The molecule has 3 heteroatoms. The molecule has 0 saturated heterocycles. The number of carbonyl (C=O) groups is 1. The molecule has 0 spiro atoms. The molecular formula is C18H26N2O. The molecular weight excluding hydrogens is 260 g/mol. The van der Waals surface area contributed by atoms with E-state index < -0.39 is 0 Å². The number of aryl methyl sites for hydroxylation is 1. The molecule has 114 valence electrons. The van der Waals surface area contributed by atoms with Crippen molar-refractivity contribution >= 4 is 5.91 Å². The highest BCUT2D eigenvalue weighted by Gasteiger charge is 2.34. The summed E-state index contributed by atoms with van der Waals surface area (Å²) in [5, 5.41) is 3.25. The highest BCUT2D eigenvalue weighted by Crippen LogP contribution is 2.39. The summed E-state index contributed by atoms with van der Waals surface area (Å²) in [6.45, 7) is 0.641. The number of nitrogens with two attached hydrogens (primary N) is 1. The van der Waals surface area contributed by atoms with E-state index in [2.05, 4.69) is 29.6 Å². The molecule has 1 aromatic rings. The molecule has 2 aliphatic rings. The van der Waals surface area contributed by atoms with Crippen LogP contribution >= 0.6 is 0 Å². The fraction of sp³-hybridized carbons (Fsp3) is 0.611. The molecule has 1 fully saturated rings. The molecule has 1 unspecified atom stereocenters. The van der Waals surface area contributed by atoms with E-state index in [0.29, 0.717) is 13.0 Å². The zero-order valence-electron chi connectivity index (χ0n) is 12.7. The van der Waals surface area contributed by atoms with Crippen molar-refractivity contribution in [1.82, 2.24) is 5.32 Å². The first-order chi connectivity index (χ1) is 10.2.